The summed E-state index contributed by atoms with van der Waals surface area (Å²) in [7, 11) is 0. The molecular formula is C18H14ClN3O3. The Hall–Kier alpha value is -2.99. The molecule has 0 spiro atoms. The van der Waals surface area contributed by atoms with E-state index >= 15 is 0 Å². The Morgan fingerprint density at radius 1 is 1.12 bits per heavy atom. The minimum absolute atomic E-state index is 0.0934. The van der Waals surface area contributed by atoms with Gasteiger partial charge in [0.05, 0.1) is 16.6 Å². The van der Waals surface area contributed by atoms with Crippen molar-refractivity contribution in [2.45, 2.75) is 6.92 Å². The highest BCUT2D eigenvalue weighted by atomic mass is 35.5. The molecule has 0 fully saturated rings. The summed E-state index contributed by atoms with van der Waals surface area (Å²) in [5, 5.41) is 21.3. The van der Waals surface area contributed by atoms with E-state index in [-0.39, 0.29) is 10.7 Å². The van der Waals surface area contributed by atoms with E-state index in [1.54, 1.807) is 0 Å². The number of hydrogen-bond donors (Lipinski definition) is 0. The molecule has 0 atom stereocenters. The minimum Gasteiger partial charge on any atom is -0.492 e. The number of ether oxygens (including phenoxy) is 1. The molecule has 6 nitrogen and oxygen atoms in total. The van der Waals surface area contributed by atoms with Crippen LogP contribution in [-0.4, -0.2) is 11.5 Å². The van der Waals surface area contributed by atoms with E-state index in [1.807, 2.05) is 43.3 Å². The zero-order valence-corrected chi connectivity index (χ0v) is 14.1. The minimum atomic E-state index is -0.509. The SMILES string of the molecule is CCOc1ccc2ccccc2c1N=Nc1ccc([N+](=O)[O-])cc1Cl. The van der Waals surface area contributed by atoms with Crippen LogP contribution in [0.25, 0.3) is 10.8 Å². The van der Waals surface area contributed by atoms with Crippen molar-refractivity contribution in [1.82, 2.24) is 0 Å². The summed E-state index contributed by atoms with van der Waals surface area (Å²) in [6.45, 7) is 2.39. The maximum Gasteiger partial charge on any atom is 0.271 e. The molecule has 3 aromatic rings. The molecule has 0 radical (unpaired) electrons. The molecule has 126 valence electrons. The fourth-order valence-electron chi connectivity index (χ4n) is 2.40. The molecule has 3 rings (SSSR count). The second-order valence-electron chi connectivity index (χ2n) is 5.16. The van der Waals surface area contributed by atoms with Gasteiger partial charge in [-0.25, -0.2) is 0 Å². The Labute approximate surface area is 148 Å². The topological polar surface area (TPSA) is 77.1 Å². The highest BCUT2D eigenvalue weighted by molar-refractivity contribution is 6.33. The van der Waals surface area contributed by atoms with Crippen molar-refractivity contribution in [2.75, 3.05) is 6.61 Å². The lowest BCUT2D eigenvalue weighted by atomic mass is 10.1. The predicted octanol–water partition coefficient (Wildman–Crippen LogP) is 6.22. The molecule has 0 aromatic heterocycles. The van der Waals surface area contributed by atoms with E-state index in [4.69, 9.17) is 16.3 Å². The first kappa shape index (κ1) is 16.9. The normalized spacial score (nSPS) is 11.1. The lowest BCUT2D eigenvalue weighted by Crippen LogP contribution is -1.92. The molecule has 0 heterocycles. The van der Waals surface area contributed by atoms with Crippen molar-refractivity contribution in [3.05, 3.63) is 69.7 Å². The molecule has 0 aliphatic heterocycles. The van der Waals surface area contributed by atoms with Gasteiger partial charge in [-0.3, -0.25) is 10.1 Å². The van der Waals surface area contributed by atoms with Crippen LogP contribution in [0.3, 0.4) is 0 Å². The molecule has 0 saturated carbocycles. The van der Waals surface area contributed by atoms with Crippen molar-refractivity contribution in [3.8, 4) is 5.75 Å². The number of nitro groups is 1. The van der Waals surface area contributed by atoms with Gasteiger partial charge in [0.25, 0.3) is 5.69 Å². The molecule has 7 heteroatoms. The first-order valence-corrected chi connectivity index (χ1v) is 7.98. The van der Waals surface area contributed by atoms with Crippen LogP contribution in [0.1, 0.15) is 6.92 Å². The Morgan fingerprint density at radius 2 is 1.92 bits per heavy atom. The standard InChI is InChI=1S/C18H14ClN3O3/c1-2-25-17-10-7-12-5-3-4-6-14(12)18(17)21-20-16-9-8-13(22(23)24)11-15(16)19/h3-11H,2H2,1H3. The number of non-ortho nitro benzene ring substituents is 1. The Bertz CT molecular complexity index is 973. The number of azo groups is 1. The largest absolute Gasteiger partial charge is 0.492 e. The smallest absolute Gasteiger partial charge is 0.271 e. The summed E-state index contributed by atoms with van der Waals surface area (Å²) in [4.78, 5) is 10.3. The summed E-state index contributed by atoms with van der Waals surface area (Å²) in [6.07, 6.45) is 0. The van der Waals surface area contributed by atoms with Gasteiger partial charge in [0, 0.05) is 17.5 Å². The van der Waals surface area contributed by atoms with Crippen LogP contribution in [0.15, 0.2) is 64.8 Å². The maximum absolute atomic E-state index is 10.8. The van der Waals surface area contributed by atoms with E-state index < -0.39 is 4.92 Å². The Kier molecular flexibility index (Phi) is 4.90. The molecule has 0 amide bonds. The lowest BCUT2D eigenvalue weighted by molar-refractivity contribution is -0.384. The average Bonchev–Trinajstić information content (AvgIpc) is 2.61. The fraction of sp³-hybridized carbons (Fsp3) is 0.111. The van der Waals surface area contributed by atoms with Crippen LogP contribution in [0, 0.1) is 10.1 Å². The quantitative estimate of drug-likeness (QED) is 0.310. The first-order chi connectivity index (χ1) is 12.1. The van der Waals surface area contributed by atoms with Gasteiger partial charge in [0.15, 0.2) is 0 Å². The van der Waals surface area contributed by atoms with Crippen molar-refractivity contribution < 1.29 is 9.66 Å². The molecule has 0 N–H and O–H groups in total. The second-order valence-corrected chi connectivity index (χ2v) is 5.57. The van der Waals surface area contributed by atoms with Gasteiger partial charge < -0.3 is 4.74 Å². The lowest BCUT2D eigenvalue weighted by Gasteiger charge is -2.09. The molecular weight excluding hydrogens is 342 g/mol. The molecule has 0 aliphatic carbocycles. The number of benzene rings is 3. The molecule has 0 bridgehead atoms. The van der Waals surface area contributed by atoms with E-state index in [1.165, 1.54) is 18.2 Å². The maximum atomic E-state index is 10.8. The van der Waals surface area contributed by atoms with Crippen molar-refractivity contribution in [2.24, 2.45) is 10.2 Å². The van der Waals surface area contributed by atoms with Crippen LogP contribution in [0.2, 0.25) is 5.02 Å². The first-order valence-electron chi connectivity index (χ1n) is 7.60. The highest BCUT2D eigenvalue weighted by Crippen LogP contribution is 2.38. The monoisotopic (exact) mass is 355 g/mol. The second kappa shape index (κ2) is 7.27. The number of fused-ring (bicyclic) bond motifs is 1. The van der Waals surface area contributed by atoms with Crippen LogP contribution in [0.5, 0.6) is 5.75 Å². The third-order valence-corrected chi connectivity index (χ3v) is 3.87. The van der Waals surface area contributed by atoms with Gasteiger partial charge in [-0.15, -0.1) is 10.2 Å². The van der Waals surface area contributed by atoms with Gasteiger partial charge in [0.1, 0.15) is 17.1 Å². The highest BCUT2D eigenvalue weighted by Gasteiger charge is 2.11. The summed E-state index contributed by atoms with van der Waals surface area (Å²) >= 11 is 6.07. The molecule has 0 saturated heterocycles. The van der Waals surface area contributed by atoms with E-state index in [0.29, 0.717) is 23.7 Å². The van der Waals surface area contributed by atoms with Gasteiger partial charge in [-0.2, -0.15) is 0 Å². The van der Waals surface area contributed by atoms with Gasteiger partial charge in [-0.05, 0) is 24.4 Å². The third kappa shape index (κ3) is 3.59. The number of hydrogen-bond acceptors (Lipinski definition) is 5. The number of halogens is 1. The van der Waals surface area contributed by atoms with Crippen LogP contribution in [-0.2, 0) is 0 Å². The predicted molar refractivity (Wildman–Crippen MR) is 97.4 cm³/mol. The summed E-state index contributed by atoms with van der Waals surface area (Å²) in [5.74, 6) is 0.614. The third-order valence-electron chi connectivity index (χ3n) is 3.56. The van der Waals surface area contributed by atoms with Crippen molar-refractivity contribution in [3.63, 3.8) is 0 Å². The molecule has 0 aliphatic rings. The van der Waals surface area contributed by atoms with E-state index in [9.17, 15) is 10.1 Å². The Balaban J connectivity index is 2.06. The van der Waals surface area contributed by atoms with Crippen LogP contribution in [0.4, 0.5) is 17.1 Å². The molecule has 0 unspecified atom stereocenters. The zero-order chi connectivity index (χ0) is 17.8. The summed E-state index contributed by atoms with van der Waals surface area (Å²) in [6, 6.07) is 15.6. The fourth-order valence-corrected chi connectivity index (χ4v) is 2.62. The zero-order valence-electron chi connectivity index (χ0n) is 13.3. The molecule has 25 heavy (non-hydrogen) atoms. The summed E-state index contributed by atoms with van der Waals surface area (Å²) < 4.78 is 5.64. The average molecular weight is 356 g/mol. The van der Waals surface area contributed by atoms with E-state index in [0.717, 1.165) is 10.8 Å². The van der Waals surface area contributed by atoms with E-state index in [2.05, 4.69) is 10.2 Å². The van der Waals surface area contributed by atoms with Gasteiger partial charge in [0.2, 0.25) is 0 Å². The van der Waals surface area contributed by atoms with Crippen molar-refractivity contribution >= 4 is 39.4 Å². The number of nitro benzene ring substituents is 1. The van der Waals surface area contributed by atoms with Crippen LogP contribution < -0.4 is 4.74 Å². The number of rotatable bonds is 5. The molecule has 3 aromatic carbocycles. The summed E-state index contributed by atoms with van der Waals surface area (Å²) in [5.41, 5.74) is 0.848. The van der Waals surface area contributed by atoms with Crippen molar-refractivity contribution in [1.29, 1.82) is 0 Å². The Morgan fingerprint density at radius 3 is 2.64 bits per heavy atom. The van der Waals surface area contributed by atoms with Gasteiger partial charge >= 0.3 is 0 Å². The van der Waals surface area contributed by atoms with Gasteiger partial charge in [-0.1, -0.05) is 41.9 Å². The van der Waals surface area contributed by atoms with Crippen LogP contribution >= 0.6 is 11.6 Å². The number of nitrogens with zero attached hydrogens (tertiary/aromatic N) is 3.